The topological polar surface area (TPSA) is 55.1 Å². The summed E-state index contributed by atoms with van der Waals surface area (Å²) in [5, 5.41) is 3.06. The summed E-state index contributed by atoms with van der Waals surface area (Å²) in [6.45, 7) is 3.13. The maximum atomic E-state index is 12.0. The second-order valence-electron chi connectivity index (χ2n) is 5.86. The Morgan fingerprint density at radius 1 is 1.38 bits per heavy atom. The summed E-state index contributed by atoms with van der Waals surface area (Å²) in [4.78, 5) is 12.0. The average Bonchev–Trinajstić information content (AvgIpc) is 2.85. The van der Waals surface area contributed by atoms with Gasteiger partial charge >= 0.3 is 0 Å². The van der Waals surface area contributed by atoms with Gasteiger partial charge in [-0.25, -0.2) is 0 Å². The number of carbonyl (C=O) groups is 1. The highest BCUT2D eigenvalue weighted by Gasteiger charge is 2.37. The lowest BCUT2D eigenvalue weighted by molar-refractivity contribution is -0.126. The van der Waals surface area contributed by atoms with Crippen LogP contribution in [0.4, 0.5) is 0 Å². The number of amides is 1. The zero-order valence-electron chi connectivity index (χ0n) is 10.3. The Balaban J connectivity index is 1.75. The van der Waals surface area contributed by atoms with Crippen LogP contribution in [0.3, 0.4) is 0 Å². The zero-order chi connectivity index (χ0) is 11.6. The minimum absolute atomic E-state index is 0.0875. The second kappa shape index (κ2) is 4.74. The highest BCUT2D eigenvalue weighted by atomic mass is 16.2. The molecule has 3 N–H and O–H groups in total. The molecular formula is C13H24N2O. The summed E-state index contributed by atoms with van der Waals surface area (Å²) < 4.78 is 0. The molecule has 3 nitrogen and oxygen atoms in total. The van der Waals surface area contributed by atoms with E-state index in [9.17, 15) is 4.79 Å². The number of carbonyl (C=O) groups excluding carboxylic acids is 1. The maximum absolute atomic E-state index is 12.0. The Bertz CT molecular complexity index is 259. The molecule has 0 aromatic heterocycles. The number of nitrogens with two attached hydrogens (primary N) is 1. The highest BCUT2D eigenvalue weighted by molar-refractivity contribution is 5.86. The lowest BCUT2D eigenvalue weighted by Gasteiger charge is -2.23. The van der Waals surface area contributed by atoms with Crippen molar-refractivity contribution in [3.05, 3.63) is 0 Å². The first kappa shape index (κ1) is 11.9. The summed E-state index contributed by atoms with van der Waals surface area (Å²) in [6, 6.07) is 0. The number of nitrogens with one attached hydrogen (secondary N) is 1. The molecule has 0 radical (unpaired) electrons. The predicted molar refractivity (Wildman–Crippen MR) is 64.9 cm³/mol. The first-order valence-corrected chi connectivity index (χ1v) is 6.67. The molecule has 2 aliphatic carbocycles. The molecule has 16 heavy (non-hydrogen) atoms. The molecular weight excluding hydrogens is 200 g/mol. The van der Waals surface area contributed by atoms with E-state index >= 15 is 0 Å². The molecule has 92 valence electrons. The number of hydrogen-bond acceptors (Lipinski definition) is 2. The van der Waals surface area contributed by atoms with Gasteiger partial charge < -0.3 is 11.1 Å². The van der Waals surface area contributed by atoms with Gasteiger partial charge in [0.25, 0.3) is 0 Å². The molecule has 2 fully saturated rings. The van der Waals surface area contributed by atoms with Crippen LogP contribution in [0.25, 0.3) is 0 Å². The fraction of sp³-hybridized carbons (Fsp3) is 0.923. The molecule has 0 heterocycles. The van der Waals surface area contributed by atoms with E-state index in [1.807, 2.05) is 0 Å². The van der Waals surface area contributed by atoms with Crippen LogP contribution in [0.15, 0.2) is 0 Å². The quantitative estimate of drug-likeness (QED) is 0.768. The summed E-state index contributed by atoms with van der Waals surface area (Å²) in [5.41, 5.74) is 5.55. The lowest BCUT2D eigenvalue weighted by Crippen LogP contribution is -2.52. The van der Waals surface area contributed by atoms with Gasteiger partial charge in [0.05, 0.1) is 5.54 Å². The van der Waals surface area contributed by atoms with Crippen LogP contribution in [0.2, 0.25) is 0 Å². The van der Waals surface area contributed by atoms with Crippen molar-refractivity contribution in [2.24, 2.45) is 17.6 Å². The van der Waals surface area contributed by atoms with Crippen LogP contribution in [-0.4, -0.2) is 18.0 Å². The molecule has 0 aromatic carbocycles. The molecule has 0 spiro atoms. The van der Waals surface area contributed by atoms with Crippen LogP contribution in [-0.2, 0) is 4.79 Å². The fourth-order valence-electron chi connectivity index (χ4n) is 3.16. The molecule has 3 heteroatoms. The van der Waals surface area contributed by atoms with E-state index in [1.165, 1.54) is 19.3 Å². The largest absolute Gasteiger partial charge is 0.354 e. The van der Waals surface area contributed by atoms with Gasteiger partial charge in [0.15, 0.2) is 0 Å². The van der Waals surface area contributed by atoms with E-state index in [1.54, 1.807) is 0 Å². The van der Waals surface area contributed by atoms with Crippen molar-refractivity contribution < 1.29 is 4.79 Å². The average molecular weight is 224 g/mol. The smallest absolute Gasteiger partial charge is 0.240 e. The molecule has 0 aliphatic heterocycles. The monoisotopic (exact) mass is 224 g/mol. The van der Waals surface area contributed by atoms with Crippen LogP contribution < -0.4 is 11.1 Å². The van der Waals surface area contributed by atoms with E-state index < -0.39 is 5.54 Å². The van der Waals surface area contributed by atoms with Crippen molar-refractivity contribution >= 4 is 5.91 Å². The van der Waals surface area contributed by atoms with E-state index in [2.05, 4.69) is 12.2 Å². The van der Waals surface area contributed by atoms with Gasteiger partial charge in [0, 0.05) is 6.54 Å². The first-order valence-electron chi connectivity index (χ1n) is 6.67. The summed E-state index contributed by atoms with van der Waals surface area (Å²) in [6.07, 6.45) is 7.76. The molecule has 1 amide bonds. The third-order valence-electron chi connectivity index (χ3n) is 4.30. The van der Waals surface area contributed by atoms with Crippen LogP contribution in [0, 0.1) is 11.8 Å². The standard InChI is InChI=1S/C13H24N2O/c1-10-4-5-11(8-10)9-15-12(16)13(14)6-2-3-7-13/h10-11H,2-9,14H2,1H3,(H,15,16). The van der Waals surface area contributed by atoms with E-state index in [0.717, 1.165) is 38.1 Å². The Kier molecular flexibility index (Phi) is 3.53. The fourth-order valence-corrected chi connectivity index (χ4v) is 3.16. The third-order valence-corrected chi connectivity index (χ3v) is 4.30. The minimum atomic E-state index is -0.551. The van der Waals surface area contributed by atoms with Gasteiger partial charge in [0.2, 0.25) is 5.91 Å². The van der Waals surface area contributed by atoms with Crippen molar-refractivity contribution in [3.63, 3.8) is 0 Å². The van der Waals surface area contributed by atoms with Gasteiger partial charge in [0.1, 0.15) is 0 Å². The molecule has 2 unspecified atom stereocenters. The highest BCUT2D eigenvalue weighted by Crippen LogP contribution is 2.30. The lowest BCUT2D eigenvalue weighted by atomic mass is 9.97. The van der Waals surface area contributed by atoms with Gasteiger partial charge in [-0.05, 0) is 37.5 Å². The number of rotatable bonds is 3. The Morgan fingerprint density at radius 2 is 2.06 bits per heavy atom. The van der Waals surface area contributed by atoms with Crippen molar-refractivity contribution in [1.29, 1.82) is 0 Å². The van der Waals surface area contributed by atoms with Crippen molar-refractivity contribution in [2.45, 2.75) is 57.4 Å². The normalized spacial score (nSPS) is 32.9. The minimum Gasteiger partial charge on any atom is -0.354 e. The Morgan fingerprint density at radius 3 is 2.62 bits per heavy atom. The van der Waals surface area contributed by atoms with Gasteiger partial charge in [-0.15, -0.1) is 0 Å². The van der Waals surface area contributed by atoms with Crippen molar-refractivity contribution in [2.75, 3.05) is 6.54 Å². The third kappa shape index (κ3) is 2.57. The van der Waals surface area contributed by atoms with Crippen molar-refractivity contribution in [3.8, 4) is 0 Å². The van der Waals surface area contributed by atoms with Crippen LogP contribution in [0.1, 0.15) is 51.9 Å². The Labute approximate surface area is 98.2 Å². The zero-order valence-corrected chi connectivity index (χ0v) is 10.3. The predicted octanol–water partition coefficient (Wildman–Crippen LogP) is 1.81. The van der Waals surface area contributed by atoms with Gasteiger partial charge in [-0.3, -0.25) is 4.79 Å². The summed E-state index contributed by atoms with van der Waals surface area (Å²) in [5.74, 6) is 1.61. The molecule has 0 aromatic rings. The molecule has 2 saturated carbocycles. The molecule has 0 bridgehead atoms. The van der Waals surface area contributed by atoms with Crippen LogP contribution in [0.5, 0.6) is 0 Å². The van der Waals surface area contributed by atoms with E-state index in [4.69, 9.17) is 5.73 Å². The summed E-state index contributed by atoms with van der Waals surface area (Å²) in [7, 11) is 0. The number of hydrogen-bond donors (Lipinski definition) is 2. The van der Waals surface area contributed by atoms with Crippen LogP contribution >= 0.6 is 0 Å². The molecule has 0 saturated heterocycles. The molecule has 2 atom stereocenters. The summed E-state index contributed by atoms with van der Waals surface area (Å²) >= 11 is 0. The Hall–Kier alpha value is -0.570. The van der Waals surface area contributed by atoms with Gasteiger partial charge in [-0.2, -0.15) is 0 Å². The SMILES string of the molecule is CC1CCC(CNC(=O)C2(N)CCCC2)C1. The second-order valence-corrected chi connectivity index (χ2v) is 5.86. The molecule has 2 aliphatic rings. The van der Waals surface area contributed by atoms with Gasteiger partial charge in [-0.1, -0.05) is 26.2 Å². The van der Waals surface area contributed by atoms with E-state index in [0.29, 0.717) is 5.92 Å². The van der Waals surface area contributed by atoms with E-state index in [-0.39, 0.29) is 5.91 Å². The first-order chi connectivity index (χ1) is 7.60. The maximum Gasteiger partial charge on any atom is 0.240 e. The molecule has 2 rings (SSSR count). The van der Waals surface area contributed by atoms with Crippen molar-refractivity contribution in [1.82, 2.24) is 5.32 Å².